The molecule has 0 heteroatoms. The van der Waals surface area contributed by atoms with Crippen LogP contribution in [0, 0.1) is 0 Å². The molecule has 0 saturated heterocycles. The molecule has 1 aromatic rings. The summed E-state index contributed by atoms with van der Waals surface area (Å²) in [5, 5.41) is 0. The Hall–Kier alpha value is -0.780. The Morgan fingerprint density at radius 2 is 2.07 bits per heavy atom. The summed E-state index contributed by atoms with van der Waals surface area (Å²) in [5.74, 6) is 1.71. The van der Waals surface area contributed by atoms with Gasteiger partial charge in [0.25, 0.3) is 0 Å². The summed E-state index contributed by atoms with van der Waals surface area (Å²) in [6, 6.07) is 6.97. The van der Waals surface area contributed by atoms with Crippen LogP contribution in [-0.2, 0) is 6.42 Å². The Bertz CT molecular complexity index is 351. The first-order valence-electron chi connectivity index (χ1n) is 5.98. The predicted octanol–water partition coefficient (Wildman–Crippen LogP) is 4.00. The molecule has 2 aliphatic carbocycles. The van der Waals surface area contributed by atoms with Crippen LogP contribution < -0.4 is 0 Å². The fourth-order valence-electron chi connectivity index (χ4n) is 3.36. The second kappa shape index (κ2) is 3.12. The Kier molecular flexibility index (Phi) is 1.90. The summed E-state index contributed by atoms with van der Waals surface area (Å²) in [7, 11) is 0. The third-order valence-electron chi connectivity index (χ3n) is 4.12. The van der Waals surface area contributed by atoms with E-state index >= 15 is 0 Å². The lowest BCUT2D eigenvalue weighted by molar-refractivity contribution is 0.446. The molecule has 0 bridgehead atoms. The average molecular weight is 186 g/mol. The third kappa shape index (κ3) is 1.13. The monoisotopic (exact) mass is 186 g/mol. The number of hydrogen-bond acceptors (Lipinski definition) is 0. The van der Waals surface area contributed by atoms with E-state index in [0.717, 1.165) is 11.8 Å². The lowest BCUT2D eigenvalue weighted by Gasteiger charge is -2.35. The van der Waals surface area contributed by atoms with Gasteiger partial charge in [-0.05, 0) is 60.6 Å². The van der Waals surface area contributed by atoms with E-state index in [9.17, 15) is 0 Å². The molecular weight excluding hydrogens is 168 g/mol. The summed E-state index contributed by atoms with van der Waals surface area (Å²) in [5.41, 5.74) is 5.07. The van der Waals surface area contributed by atoms with Gasteiger partial charge >= 0.3 is 0 Å². The molecule has 2 aliphatic rings. The highest BCUT2D eigenvalue weighted by atomic mass is 14.3. The normalized spacial score (nSPS) is 29.8. The van der Waals surface area contributed by atoms with E-state index in [1.165, 1.54) is 32.1 Å². The first-order valence-corrected chi connectivity index (χ1v) is 5.98. The molecule has 0 saturated carbocycles. The molecule has 0 amide bonds. The first kappa shape index (κ1) is 8.52. The summed E-state index contributed by atoms with van der Waals surface area (Å²) in [6.07, 6.45) is 7.02. The summed E-state index contributed by atoms with van der Waals surface area (Å²) in [6.45, 7) is 2.39. The molecule has 14 heavy (non-hydrogen) atoms. The van der Waals surface area contributed by atoms with Crippen LogP contribution in [-0.4, -0.2) is 0 Å². The minimum atomic E-state index is 0.805. The minimum Gasteiger partial charge on any atom is -0.0617 e. The van der Waals surface area contributed by atoms with Crippen LogP contribution in [0.3, 0.4) is 0 Å². The van der Waals surface area contributed by atoms with Crippen LogP contribution in [0.25, 0.3) is 0 Å². The van der Waals surface area contributed by atoms with E-state index < -0.39 is 0 Å². The van der Waals surface area contributed by atoms with Gasteiger partial charge in [-0.2, -0.15) is 0 Å². The molecule has 0 nitrogen and oxygen atoms in total. The van der Waals surface area contributed by atoms with Crippen LogP contribution in [0.5, 0.6) is 0 Å². The quantitative estimate of drug-likeness (QED) is 0.574. The van der Waals surface area contributed by atoms with Gasteiger partial charge < -0.3 is 0 Å². The maximum atomic E-state index is 2.39. The van der Waals surface area contributed by atoms with Gasteiger partial charge in [0, 0.05) is 0 Å². The maximum absolute atomic E-state index is 2.39. The zero-order valence-electron chi connectivity index (χ0n) is 8.92. The van der Waals surface area contributed by atoms with Crippen molar-refractivity contribution in [1.82, 2.24) is 0 Å². The molecule has 0 spiro atoms. The van der Waals surface area contributed by atoms with Crippen molar-refractivity contribution >= 4 is 0 Å². The average Bonchev–Trinajstić information content (AvgIpc) is 2.24. The molecule has 0 N–H and O–H groups in total. The lowest BCUT2D eigenvalue weighted by Crippen LogP contribution is -2.18. The Morgan fingerprint density at radius 1 is 1.14 bits per heavy atom. The van der Waals surface area contributed by atoms with Crippen LogP contribution in [0.1, 0.15) is 61.1 Å². The lowest BCUT2D eigenvalue weighted by atomic mass is 9.70. The molecule has 0 aliphatic heterocycles. The van der Waals surface area contributed by atoms with Crippen molar-refractivity contribution in [3.8, 4) is 0 Å². The van der Waals surface area contributed by atoms with E-state index in [-0.39, 0.29) is 0 Å². The first-order chi connectivity index (χ1) is 6.86. The SMILES string of the molecule is CC1CCC2CCCc3cccc1c32. The van der Waals surface area contributed by atoms with Crippen molar-refractivity contribution in [2.75, 3.05) is 0 Å². The fraction of sp³-hybridized carbons (Fsp3) is 0.571. The van der Waals surface area contributed by atoms with Gasteiger partial charge in [0.15, 0.2) is 0 Å². The highest BCUT2D eigenvalue weighted by Gasteiger charge is 2.28. The van der Waals surface area contributed by atoms with Gasteiger partial charge in [0.1, 0.15) is 0 Å². The molecule has 74 valence electrons. The van der Waals surface area contributed by atoms with Crippen LogP contribution in [0.2, 0.25) is 0 Å². The molecule has 0 fully saturated rings. The second-order valence-electron chi connectivity index (χ2n) is 4.99. The number of rotatable bonds is 0. The molecule has 2 unspecified atom stereocenters. The molecule has 0 heterocycles. The minimum absolute atomic E-state index is 0.805. The molecule has 0 aromatic heterocycles. The van der Waals surface area contributed by atoms with Gasteiger partial charge in [0.2, 0.25) is 0 Å². The highest BCUT2D eigenvalue weighted by Crippen LogP contribution is 2.45. The van der Waals surface area contributed by atoms with Crippen molar-refractivity contribution in [3.05, 3.63) is 34.9 Å². The van der Waals surface area contributed by atoms with Gasteiger partial charge in [-0.25, -0.2) is 0 Å². The Labute approximate surface area is 86.3 Å². The molecule has 0 radical (unpaired) electrons. The third-order valence-corrected chi connectivity index (χ3v) is 4.12. The molecule has 3 rings (SSSR count). The zero-order valence-corrected chi connectivity index (χ0v) is 8.92. The highest BCUT2D eigenvalue weighted by molar-refractivity contribution is 5.43. The van der Waals surface area contributed by atoms with Crippen molar-refractivity contribution < 1.29 is 0 Å². The zero-order chi connectivity index (χ0) is 9.54. The molecule has 1 aromatic carbocycles. The van der Waals surface area contributed by atoms with Gasteiger partial charge in [-0.15, -0.1) is 0 Å². The van der Waals surface area contributed by atoms with E-state index in [4.69, 9.17) is 0 Å². The van der Waals surface area contributed by atoms with E-state index in [2.05, 4.69) is 25.1 Å². The Balaban J connectivity index is 2.19. The van der Waals surface area contributed by atoms with Crippen molar-refractivity contribution in [2.24, 2.45) is 0 Å². The van der Waals surface area contributed by atoms with E-state index in [1.807, 2.05) is 0 Å². The predicted molar refractivity (Wildman–Crippen MR) is 59.8 cm³/mol. The fourth-order valence-corrected chi connectivity index (χ4v) is 3.36. The van der Waals surface area contributed by atoms with Crippen LogP contribution in [0.15, 0.2) is 18.2 Å². The smallest absolute Gasteiger partial charge is 0.0156 e. The molecular formula is C14H18. The van der Waals surface area contributed by atoms with Crippen molar-refractivity contribution in [2.45, 2.75) is 50.9 Å². The largest absolute Gasteiger partial charge is 0.0617 e. The van der Waals surface area contributed by atoms with Crippen molar-refractivity contribution in [3.63, 3.8) is 0 Å². The van der Waals surface area contributed by atoms with E-state index in [0.29, 0.717) is 0 Å². The van der Waals surface area contributed by atoms with E-state index in [1.54, 1.807) is 16.7 Å². The number of benzene rings is 1. The molecule has 2 atom stereocenters. The standard InChI is InChI=1S/C14H18/c1-10-8-9-12-5-2-4-11-6-3-7-13(10)14(11)12/h3,6-7,10,12H,2,4-5,8-9H2,1H3. The summed E-state index contributed by atoms with van der Waals surface area (Å²) >= 11 is 0. The maximum Gasteiger partial charge on any atom is -0.0156 e. The van der Waals surface area contributed by atoms with Crippen LogP contribution in [0.4, 0.5) is 0 Å². The topological polar surface area (TPSA) is 0 Å². The van der Waals surface area contributed by atoms with Gasteiger partial charge in [-0.3, -0.25) is 0 Å². The Morgan fingerprint density at radius 3 is 3.00 bits per heavy atom. The van der Waals surface area contributed by atoms with Gasteiger partial charge in [-0.1, -0.05) is 25.1 Å². The van der Waals surface area contributed by atoms with Gasteiger partial charge in [0.05, 0.1) is 0 Å². The van der Waals surface area contributed by atoms with Crippen molar-refractivity contribution in [1.29, 1.82) is 0 Å². The summed E-state index contributed by atoms with van der Waals surface area (Å²) in [4.78, 5) is 0. The number of hydrogen-bond donors (Lipinski definition) is 0. The number of aryl methyl sites for hydroxylation is 1. The van der Waals surface area contributed by atoms with Crippen LogP contribution >= 0.6 is 0 Å². The summed E-state index contributed by atoms with van der Waals surface area (Å²) < 4.78 is 0. The second-order valence-corrected chi connectivity index (χ2v) is 4.99.